The van der Waals surface area contributed by atoms with E-state index in [4.69, 9.17) is 5.10 Å². The molecule has 0 atom stereocenters. The molecular weight excluding hydrogens is 354 g/mol. The maximum absolute atomic E-state index is 5.20. The Bertz CT molecular complexity index is 1100. The zero-order valence-electron chi connectivity index (χ0n) is 16.9. The molecule has 0 unspecified atom stereocenters. The van der Waals surface area contributed by atoms with Crippen molar-refractivity contribution in [2.24, 2.45) is 0 Å². The fourth-order valence-corrected chi connectivity index (χ4v) is 4.45. The summed E-state index contributed by atoms with van der Waals surface area (Å²) in [5, 5.41) is 8.79. The number of nitrogens with zero attached hydrogens (tertiary/aromatic N) is 2. The van der Waals surface area contributed by atoms with E-state index in [-0.39, 0.29) is 5.92 Å². The van der Waals surface area contributed by atoms with E-state index in [0.29, 0.717) is 0 Å². The third-order valence-corrected chi connectivity index (χ3v) is 5.80. The minimum absolute atomic E-state index is 0.123. The van der Waals surface area contributed by atoms with Crippen molar-refractivity contribution < 1.29 is 0 Å². The second kappa shape index (κ2) is 7.25. The number of aryl methyl sites for hydroxylation is 2. The number of nitrogens with one attached hydrogen (secondary N) is 1. The van der Waals surface area contributed by atoms with Crippen LogP contribution in [-0.2, 0) is 6.42 Å². The van der Waals surface area contributed by atoms with Crippen molar-refractivity contribution in [1.29, 1.82) is 0 Å². The molecule has 1 aliphatic rings. The Balaban J connectivity index is 1.72. The van der Waals surface area contributed by atoms with Gasteiger partial charge in [0, 0.05) is 12.1 Å². The fraction of sp³-hybridized carbons (Fsp3) is 0.192. The Kier molecular flexibility index (Phi) is 4.44. The molecule has 0 amide bonds. The third kappa shape index (κ3) is 3.13. The largest absolute Gasteiger partial charge is 0.369 e. The first-order chi connectivity index (χ1) is 14.2. The standard InChI is InChI=1S/C26H25N3/c1-18-13-14-23(19(2)17-18)29-26-22(15-16-27-26)25(28-29)24(20-9-5-3-6-10-20)21-11-7-4-8-12-21/h3-14,17,24,27H,15-16H2,1-2H3. The van der Waals surface area contributed by atoms with Gasteiger partial charge in [-0.1, -0.05) is 78.4 Å². The Labute approximate surface area is 172 Å². The fourth-order valence-electron chi connectivity index (χ4n) is 4.45. The van der Waals surface area contributed by atoms with Gasteiger partial charge in [-0.2, -0.15) is 5.10 Å². The first kappa shape index (κ1) is 17.7. The van der Waals surface area contributed by atoms with Crippen LogP contribution in [0, 0.1) is 13.8 Å². The number of hydrogen-bond donors (Lipinski definition) is 1. The van der Waals surface area contributed by atoms with Crippen LogP contribution in [0.2, 0.25) is 0 Å². The first-order valence-electron chi connectivity index (χ1n) is 10.3. The minimum Gasteiger partial charge on any atom is -0.369 e. The van der Waals surface area contributed by atoms with Crippen molar-refractivity contribution in [3.05, 3.63) is 112 Å². The highest BCUT2D eigenvalue weighted by Gasteiger charge is 2.30. The quantitative estimate of drug-likeness (QED) is 0.497. The molecule has 2 heterocycles. The maximum atomic E-state index is 5.20. The van der Waals surface area contributed by atoms with Gasteiger partial charge in [0.2, 0.25) is 0 Å². The highest BCUT2D eigenvalue weighted by molar-refractivity contribution is 5.61. The van der Waals surface area contributed by atoms with Gasteiger partial charge in [0.25, 0.3) is 0 Å². The Morgan fingerprint density at radius 3 is 2.14 bits per heavy atom. The van der Waals surface area contributed by atoms with Crippen LogP contribution in [-0.4, -0.2) is 16.3 Å². The van der Waals surface area contributed by atoms with Crippen molar-refractivity contribution in [2.45, 2.75) is 26.2 Å². The lowest BCUT2D eigenvalue weighted by molar-refractivity contribution is 0.799. The van der Waals surface area contributed by atoms with Crippen LogP contribution in [0.25, 0.3) is 5.69 Å². The summed E-state index contributed by atoms with van der Waals surface area (Å²) in [5.41, 5.74) is 8.70. The number of fused-ring (bicyclic) bond motifs is 1. The van der Waals surface area contributed by atoms with E-state index in [1.165, 1.54) is 27.8 Å². The molecule has 0 bridgehead atoms. The van der Waals surface area contributed by atoms with Crippen molar-refractivity contribution in [1.82, 2.24) is 9.78 Å². The van der Waals surface area contributed by atoms with Gasteiger partial charge in [0.1, 0.15) is 5.82 Å². The van der Waals surface area contributed by atoms with Crippen LogP contribution in [0.3, 0.4) is 0 Å². The number of aromatic nitrogens is 2. The molecule has 1 N–H and O–H groups in total. The molecule has 0 saturated heterocycles. The first-order valence-corrected chi connectivity index (χ1v) is 10.3. The highest BCUT2D eigenvalue weighted by atomic mass is 15.3. The molecule has 5 rings (SSSR count). The van der Waals surface area contributed by atoms with Gasteiger partial charge in [-0.05, 0) is 43.0 Å². The van der Waals surface area contributed by atoms with Crippen LogP contribution < -0.4 is 5.32 Å². The molecule has 0 radical (unpaired) electrons. The van der Waals surface area contributed by atoms with E-state index in [0.717, 1.165) is 30.2 Å². The maximum Gasteiger partial charge on any atom is 0.133 e. The van der Waals surface area contributed by atoms with Gasteiger partial charge in [0.05, 0.1) is 17.3 Å². The Hall–Kier alpha value is -3.33. The molecule has 1 aliphatic heterocycles. The van der Waals surface area contributed by atoms with Crippen LogP contribution in [0.4, 0.5) is 5.82 Å². The molecule has 29 heavy (non-hydrogen) atoms. The highest BCUT2D eigenvalue weighted by Crippen LogP contribution is 2.39. The number of benzene rings is 3. The van der Waals surface area contributed by atoms with Crippen molar-refractivity contribution in [3.8, 4) is 5.69 Å². The lowest BCUT2D eigenvalue weighted by atomic mass is 9.86. The molecule has 0 spiro atoms. The van der Waals surface area contributed by atoms with Gasteiger partial charge in [-0.25, -0.2) is 4.68 Å². The number of rotatable bonds is 4. The number of anilines is 1. The zero-order valence-corrected chi connectivity index (χ0v) is 16.9. The molecule has 3 nitrogen and oxygen atoms in total. The monoisotopic (exact) mass is 379 g/mol. The molecule has 0 aliphatic carbocycles. The summed E-state index contributed by atoms with van der Waals surface area (Å²) in [6.07, 6.45) is 1.01. The van der Waals surface area contributed by atoms with Gasteiger partial charge >= 0.3 is 0 Å². The van der Waals surface area contributed by atoms with Gasteiger partial charge in [-0.3, -0.25) is 0 Å². The van der Waals surface area contributed by atoms with Crippen LogP contribution >= 0.6 is 0 Å². The molecular formula is C26H25N3. The van der Waals surface area contributed by atoms with Crippen LogP contribution in [0.15, 0.2) is 78.9 Å². The van der Waals surface area contributed by atoms with Crippen molar-refractivity contribution in [2.75, 3.05) is 11.9 Å². The smallest absolute Gasteiger partial charge is 0.133 e. The minimum atomic E-state index is 0.123. The molecule has 144 valence electrons. The topological polar surface area (TPSA) is 29.9 Å². The second-order valence-corrected chi connectivity index (χ2v) is 7.85. The van der Waals surface area contributed by atoms with E-state index in [2.05, 4.69) is 103 Å². The van der Waals surface area contributed by atoms with E-state index >= 15 is 0 Å². The second-order valence-electron chi connectivity index (χ2n) is 7.85. The molecule has 3 aromatic carbocycles. The van der Waals surface area contributed by atoms with E-state index in [1.807, 2.05) is 0 Å². The number of hydrogen-bond acceptors (Lipinski definition) is 2. The molecule has 1 aromatic heterocycles. The van der Waals surface area contributed by atoms with Gasteiger partial charge in [0.15, 0.2) is 0 Å². The average Bonchev–Trinajstić information content (AvgIpc) is 3.34. The summed E-state index contributed by atoms with van der Waals surface area (Å²) < 4.78 is 2.12. The van der Waals surface area contributed by atoms with Crippen molar-refractivity contribution >= 4 is 5.82 Å². The molecule has 4 aromatic rings. The Morgan fingerprint density at radius 2 is 1.52 bits per heavy atom. The summed E-state index contributed by atoms with van der Waals surface area (Å²) in [6, 6.07) is 28.0. The third-order valence-electron chi connectivity index (χ3n) is 5.80. The SMILES string of the molecule is Cc1ccc(-n2nc(C(c3ccccc3)c3ccccc3)c3c2NCC3)c(C)c1. The van der Waals surface area contributed by atoms with Crippen LogP contribution in [0.1, 0.15) is 39.4 Å². The summed E-state index contributed by atoms with van der Waals surface area (Å²) in [7, 11) is 0. The van der Waals surface area contributed by atoms with E-state index in [1.54, 1.807) is 0 Å². The van der Waals surface area contributed by atoms with E-state index < -0.39 is 0 Å². The predicted octanol–water partition coefficient (Wildman–Crippen LogP) is 5.64. The van der Waals surface area contributed by atoms with Gasteiger partial charge in [-0.15, -0.1) is 0 Å². The van der Waals surface area contributed by atoms with Gasteiger partial charge < -0.3 is 5.32 Å². The lowest BCUT2D eigenvalue weighted by Crippen LogP contribution is -2.10. The summed E-state index contributed by atoms with van der Waals surface area (Å²) >= 11 is 0. The summed E-state index contributed by atoms with van der Waals surface area (Å²) in [4.78, 5) is 0. The van der Waals surface area contributed by atoms with Crippen LogP contribution in [0.5, 0.6) is 0 Å². The Morgan fingerprint density at radius 1 is 0.862 bits per heavy atom. The molecule has 0 saturated carbocycles. The van der Waals surface area contributed by atoms with E-state index in [9.17, 15) is 0 Å². The predicted molar refractivity (Wildman–Crippen MR) is 119 cm³/mol. The van der Waals surface area contributed by atoms with Crippen molar-refractivity contribution in [3.63, 3.8) is 0 Å². The zero-order chi connectivity index (χ0) is 19.8. The molecule has 0 fully saturated rings. The lowest BCUT2D eigenvalue weighted by Gasteiger charge is -2.17. The summed E-state index contributed by atoms with van der Waals surface area (Å²) in [5.74, 6) is 1.27. The summed E-state index contributed by atoms with van der Waals surface area (Å²) in [6.45, 7) is 5.26. The molecule has 3 heteroatoms. The average molecular weight is 380 g/mol. The normalized spacial score (nSPS) is 12.8.